The second-order valence-electron chi connectivity index (χ2n) is 4.27. The van der Waals surface area contributed by atoms with Crippen molar-refractivity contribution in [1.82, 2.24) is 0 Å². The van der Waals surface area contributed by atoms with Crippen LogP contribution >= 0.6 is 35.0 Å². The number of nitrogen functional groups attached to an aromatic ring is 1. The number of thioether (sulfide) groups is 1. The van der Waals surface area contributed by atoms with Gasteiger partial charge >= 0.3 is 0 Å². The van der Waals surface area contributed by atoms with Gasteiger partial charge in [0.15, 0.2) is 0 Å². The Kier molecular flexibility index (Phi) is 5.44. The van der Waals surface area contributed by atoms with E-state index in [0.717, 1.165) is 39.2 Å². The number of nitrogens with two attached hydrogens (primary N) is 1. The summed E-state index contributed by atoms with van der Waals surface area (Å²) in [4.78, 5) is 1.04. The molecule has 4 heteroatoms. The van der Waals surface area contributed by atoms with Gasteiger partial charge in [0, 0.05) is 15.6 Å². The molecule has 0 spiro atoms. The molecule has 0 unspecified atom stereocenters. The van der Waals surface area contributed by atoms with Crippen LogP contribution < -0.4 is 5.73 Å². The SMILES string of the molecule is Nc1cccc(CCCSc2cc(Cl)ccc2Cl)c1. The number of hydrogen-bond donors (Lipinski definition) is 1. The first kappa shape index (κ1) is 14.6. The van der Waals surface area contributed by atoms with Crippen molar-refractivity contribution in [3.05, 3.63) is 58.1 Å². The largest absolute Gasteiger partial charge is 0.399 e. The summed E-state index contributed by atoms with van der Waals surface area (Å²) < 4.78 is 0. The van der Waals surface area contributed by atoms with E-state index in [9.17, 15) is 0 Å². The van der Waals surface area contributed by atoms with Crippen molar-refractivity contribution in [1.29, 1.82) is 0 Å². The predicted octanol–water partition coefficient (Wildman–Crippen LogP) is 5.30. The van der Waals surface area contributed by atoms with Crippen LogP contribution in [0.5, 0.6) is 0 Å². The van der Waals surface area contributed by atoms with Gasteiger partial charge in [-0.05, 0) is 54.5 Å². The van der Waals surface area contributed by atoms with Crippen LogP contribution in [0.1, 0.15) is 12.0 Å². The van der Waals surface area contributed by atoms with Crippen molar-refractivity contribution in [2.45, 2.75) is 17.7 Å². The van der Waals surface area contributed by atoms with Crippen molar-refractivity contribution in [2.24, 2.45) is 0 Å². The van der Waals surface area contributed by atoms with Crippen LogP contribution in [-0.2, 0) is 6.42 Å². The summed E-state index contributed by atoms with van der Waals surface area (Å²) in [5.41, 5.74) is 7.85. The molecule has 0 radical (unpaired) electrons. The average Bonchev–Trinajstić information content (AvgIpc) is 2.39. The summed E-state index contributed by atoms with van der Waals surface area (Å²) in [6, 6.07) is 13.6. The number of aryl methyl sites for hydroxylation is 1. The lowest BCUT2D eigenvalue weighted by Gasteiger charge is -2.05. The predicted molar refractivity (Wildman–Crippen MR) is 86.4 cm³/mol. The molecule has 0 aliphatic heterocycles. The fraction of sp³-hybridized carbons (Fsp3) is 0.200. The van der Waals surface area contributed by atoms with E-state index in [-0.39, 0.29) is 0 Å². The number of rotatable bonds is 5. The summed E-state index contributed by atoms with van der Waals surface area (Å²) in [5, 5.41) is 1.49. The van der Waals surface area contributed by atoms with Gasteiger partial charge in [-0.25, -0.2) is 0 Å². The molecule has 2 N–H and O–H groups in total. The summed E-state index contributed by atoms with van der Waals surface area (Å²) in [7, 11) is 0. The summed E-state index contributed by atoms with van der Waals surface area (Å²) >= 11 is 13.8. The van der Waals surface area contributed by atoms with E-state index in [2.05, 4.69) is 6.07 Å². The van der Waals surface area contributed by atoms with E-state index in [1.54, 1.807) is 17.8 Å². The van der Waals surface area contributed by atoms with Crippen LogP contribution in [0.3, 0.4) is 0 Å². The van der Waals surface area contributed by atoms with Gasteiger partial charge in [0.1, 0.15) is 0 Å². The Morgan fingerprint density at radius 2 is 1.89 bits per heavy atom. The molecule has 100 valence electrons. The molecule has 0 heterocycles. The second kappa shape index (κ2) is 7.09. The topological polar surface area (TPSA) is 26.0 Å². The molecule has 2 aromatic carbocycles. The first-order valence-corrected chi connectivity index (χ1v) is 7.81. The number of benzene rings is 2. The molecule has 0 saturated carbocycles. The van der Waals surface area contributed by atoms with Gasteiger partial charge in [0.2, 0.25) is 0 Å². The lowest BCUT2D eigenvalue weighted by atomic mass is 10.1. The maximum absolute atomic E-state index is 6.12. The zero-order valence-corrected chi connectivity index (χ0v) is 12.7. The quantitative estimate of drug-likeness (QED) is 0.460. The van der Waals surface area contributed by atoms with E-state index < -0.39 is 0 Å². The number of halogens is 2. The third kappa shape index (κ3) is 4.64. The Bertz CT molecular complexity index is 558. The van der Waals surface area contributed by atoms with Gasteiger partial charge in [0.05, 0.1) is 5.02 Å². The molecule has 0 aliphatic rings. The Labute approximate surface area is 128 Å². The minimum atomic E-state index is 0.725. The van der Waals surface area contributed by atoms with E-state index in [1.807, 2.05) is 30.3 Å². The van der Waals surface area contributed by atoms with Crippen LogP contribution in [0.2, 0.25) is 10.0 Å². The van der Waals surface area contributed by atoms with Crippen LogP contribution in [0.15, 0.2) is 47.4 Å². The van der Waals surface area contributed by atoms with Gasteiger partial charge in [-0.2, -0.15) is 0 Å². The van der Waals surface area contributed by atoms with Crippen LogP contribution in [0, 0.1) is 0 Å². The van der Waals surface area contributed by atoms with E-state index in [0.29, 0.717) is 0 Å². The molecule has 2 rings (SSSR count). The zero-order valence-electron chi connectivity index (χ0n) is 10.4. The number of hydrogen-bond acceptors (Lipinski definition) is 2. The highest BCUT2D eigenvalue weighted by Crippen LogP contribution is 2.30. The summed E-state index contributed by atoms with van der Waals surface area (Å²) in [6.07, 6.45) is 2.10. The highest BCUT2D eigenvalue weighted by atomic mass is 35.5. The summed E-state index contributed by atoms with van der Waals surface area (Å²) in [6.45, 7) is 0. The Morgan fingerprint density at radius 3 is 2.68 bits per heavy atom. The Balaban J connectivity index is 1.82. The van der Waals surface area contributed by atoms with Crippen molar-refractivity contribution < 1.29 is 0 Å². The van der Waals surface area contributed by atoms with Gasteiger partial charge in [-0.15, -0.1) is 11.8 Å². The van der Waals surface area contributed by atoms with E-state index in [4.69, 9.17) is 28.9 Å². The average molecular weight is 312 g/mol. The van der Waals surface area contributed by atoms with Gasteiger partial charge in [-0.3, -0.25) is 0 Å². The summed E-state index contributed by atoms with van der Waals surface area (Å²) in [5.74, 6) is 1.01. The van der Waals surface area contributed by atoms with Crippen LogP contribution in [0.4, 0.5) is 5.69 Å². The molecular formula is C15H15Cl2NS. The lowest BCUT2D eigenvalue weighted by Crippen LogP contribution is -1.91. The Hall–Kier alpha value is -0.830. The fourth-order valence-corrected chi connectivity index (χ4v) is 3.24. The van der Waals surface area contributed by atoms with Gasteiger partial charge < -0.3 is 5.73 Å². The first-order chi connectivity index (χ1) is 9.15. The lowest BCUT2D eigenvalue weighted by molar-refractivity contribution is 0.933. The van der Waals surface area contributed by atoms with Crippen LogP contribution in [0.25, 0.3) is 0 Å². The molecule has 0 saturated heterocycles. The Morgan fingerprint density at radius 1 is 1.05 bits per heavy atom. The van der Waals surface area contributed by atoms with E-state index in [1.165, 1.54) is 5.56 Å². The molecule has 0 atom stereocenters. The van der Waals surface area contributed by atoms with Crippen molar-refractivity contribution in [2.75, 3.05) is 11.5 Å². The minimum Gasteiger partial charge on any atom is -0.399 e. The molecule has 0 aromatic heterocycles. The zero-order chi connectivity index (χ0) is 13.7. The van der Waals surface area contributed by atoms with Gasteiger partial charge in [-0.1, -0.05) is 35.3 Å². The maximum Gasteiger partial charge on any atom is 0.0542 e. The molecule has 0 bridgehead atoms. The van der Waals surface area contributed by atoms with Crippen LogP contribution in [-0.4, -0.2) is 5.75 Å². The molecule has 0 amide bonds. The minimum absolute atomic E-state index is 0.725. The van der Waals surface area contributed by atoms with Crippen molar-refractivity contribution in [3.8, 4) is 0 Å². The van der Waals surface area contributed by atoms with Crippen molar-refractivity contribution >= 4 is 40.7 Å². The highest BCUT2D eigenvalue weighted by Gasteiger charge is 2.02. The van der Waals surface area contributed by atoms with Gasteiger partial charge in [0.25, 0.3) is 0 Å². The molecule has 19 heavy (non-hydrogen) atoms. The van der Waals surface area contributed by atoms with Crippen molar-refractivity contribution in [3.63, 3.8) is 0 Å². The highest BCUT2D eigenvalue weighted by molar-refractivity contribution is 7.99. The smallest absolute Gasteiger partial charge is 0.0542 e. The third-order valence-corrected chi connectivity index (χ3v) is 4.53. The fourth-order valence-electron chi connectivity index (χ4n) is 1.79. The molecule has 0 fully saturated rings. The monoisotopic (exact) mass is 311 g/mol. The third-order valence-electron chi connectivity index (χ3n) is 2.71. The standard InChI is InChI=1S/C15H15Cl2NS/c16-12-6-7-14(17)15(10-12)19-8-2-4-11-3-1-5-13(18)9-11/h1,3,5-7,9-10H,2,4,8,18H2. The van der Waals surface area contributed by atoms with E-state index >= 15 is 0 Å². The molecule has 1 nitrogen and oxygen atoms in total. The molecular weight excluding hydrogens is 297 g/mol. The normalized spacial score (nSPS) is 10.6. The molecule has 2 aromatic rings. The molecule has 0 aliphatic carbocycles. The second-order valence-corrected chi connectivity index (χ2v) is 6.25. The first-order valence-electron chi connectivity index (χ1n) is 6.07. The maximum atomic E-state index is 6.12. The number of anilines is 1.